The molecule has 1 aliphatic rings. The average Bonchev–Trinajstić information content (AvgIpc) is 2.39. The van der Waals surface area contributed by atoms with Crippen molar-refractivity contribution < 1.29 is 9.90 Å². The first-order valence-electron chi connectivity index (χ1n) is 5.98. The molecule has 1 aromatic rings. The molecule has 0 amide bonds. The molecule has 1 aliphatic heterocycles. The average molecular weight is 234 g/mol. The van der Waals surface area contributed by atoms with Gasteiger partial charge in [-0.2, -0.15) is 0 Å². The molecule has 1 aromatic carbocycles. The summed E-state index contributed by atoms with van der Waals surface area (Å²) in [7, 11) is 0. The van der Waals surface area contributed by atoms with Crippen molar-refractivity contribution >= 4 is 5.97 Å². The van der Waals surface area contributed by atoms with E-state index in [4.69, 9.17) is 10.8 Å². The minimum atomic E-state index is -0.898. The van der Waals surface area contributed by atoms with Gasteiger partial charge in [0.25, 0.3) is 0 Å². The number of piperidine rings is 1. The number of rotatable bonds is 3. The first kappa shape index (κ1) is 12.1. The fraction of sp³-hybridized carbons (Fsp3) is 0.462. The Hall–Kier alpha value is -1.39. The normalized spacial score (nSPS) is 18.9. The van der Waals surface area contributed by atoms with Crippen molar-refractivity contribution in [2.24, 2.45) is 11.7 Å². The standard InChI is InChI=1S/C13H18N2O2/c14-12(9-5-7-15-8-6-9)10-3-1-2-4-11(10)13(16)17/h1-4,9,12,15H,5-8,14H2,(H,16,17). The van der Waals surface area contributed by atoms with E-state index in [1.54, 1.807) is 12.1 Å². The lowest BCUT2D eigenvalue weighted by Gasteiger charge is -2.29. The van der Waals surface area contributed by atoms with Crippen molar-refractivity contribution in [3.63, 3.8) is 0 Å². The van der Waals surface area contributed by atoms with Crippen molar-refractivity contribution in [1.29, 1.82) is 0 Å². The fourth-order valence-electron chi connectivity index (χ4n) is 2.44. The number of carbonyl (C=O) groups is 1. The summed E-state index contributed by atoms with van der Waals surface area (Å²) in [4.78, 5) is 11.1. The van der Waals surface area contributed by atoms with Crippen LogP contribution >= 0.6 is 0 Å². The predicted molar refractivity (Wildman–Crippen MR) is 65.9 cm³/mol. The van der Waals surface area contributed by atoms with Crippen LogP contribution in [0.4, 0.5) is 0 Å². The van der Waals surface area contributed by atoms with Gasteiger partial charge in [0.05, 0.1) is 5.56 Å². The Morgan fingerprint density at radius 2 is 2.00 bits per heavy atom. The van der Waals surface area contributed by atoms with E-state index in [-0.39, 0.29) is 6.04 Å². The summed E-state index contributed by atoms with van der Waals surface area (Å²) < 4.78 is 0. The van der Waals surface area contributed by atoms with Gasteiger partial charge in [0.2, 0.25) is 0 Å². The number of hydrogen-bond donors (Lipinski definition) is 3. The minimum absolute atomic E-state index is 0.176. The number of hydrogen-bond acceptors (Lipinski definition) is 3. The third-order valence-corrected chi connectivity index (χ3v) is 3.44. The van der Waals surface area contributed by atoms with Crippen LogP contribution in [0.25, 0.3) is 0 Å². The summed E-state index contributed by atoms with van der Waals surface area (Å²) in [5.41, 5.74) is 7.31. The molecule has 1 heterocycles. The van der Waals surface area contributed by atoms with Crippen LogP contribution in [0, 0.1) is 5.92 Å². The van der Waals surface area contributed by atoms with Gasteiger partial charge in [-0.3, -0.25) is 0 Å². The molecule has 1 fully saturated rings. The Labute approximate surface area is 101 Å². The van der Waals surface area contributed by atoms with Gasteiger partial charge < -0.3 is 16.2 Å². The van der Waals surface area contributed by atoms with Crippen LogP contribution < -0.4 is 11.1 Å². The highest BCUT2D eigenvalue weighted by Gasteiger charge is 2.24. The number of aromatic carboxylic acids is 1. The van der Waals surface area contributed by atoms with Crippen LogP contribution in [0.2, 0.25) is 0 Å². The van der Waals surface area contributed by atoms with Crippen molar-refractivity contribution in [2.45, 2.75) is 18.9 Å². The summed E-state index contributed by atoms with van der Waals surface area (Å²) in [6.45, 7) is 1.93. The third kappa shape index (κ3) is 2.65. The predicted octanol–water partition coefficient (Wildman–Crippen LogP) is 1.38. The van der Waals surface area contributed by atoms with E-state index in [0.717, 1.165) is 31.5 Å². The molecule has 0 aromatic heterocycles. The minimum Gasteiger partial charge on any atom is -0.478 e. The van der Waals surface area contributed by atoms with Gasteiger partial charge in [0.1, 0.15) is 0 Å². The number of nitrogens with two attached hydrogens (primary N) is 1. The lowest BCUT2D eigenvalue weighted by molar-refractivity contribution is 0.0694. The lowest BCUT2D eigenvalue weighted by atomic mass is 9.85. The largest absolute Gasteiger partial charge is 0.478 e. The van der Waals surface area contributed by atoms with E-state index in [1.165, 1.54) is 0 Å². The number of carboxylic acids is 1. The van der Waals surface area contributed by atoms with Crippen LogP contribution in [0.15, 0.2) is 24.3 Å². The Bertz CT molecular complexity index is 400. The van der Waals surface area contributed by atoms with Crippen LogP contribution in [0.1, 0.15) is 34.8 Å². The summed E-state index contributed by atoms with van der Waals surface area (Å²) in [5, 5.41) is 12.4. The second-order valence-corrected chi connectivity index (χ2v) is 4.51. The van der Waals surface area contributed by atoms with Crippen molar-refractivity contribution in [1.82, 2.24) is 5.32 Å². The van der Waals surface area contributed by atoms with Crippen molar-refractivity contribution in [2.75, 3.05) is 13.1 Å². The highest BCUT2D eigenvalue weighted by atomic mass is 16.4. The molecule has 0 bridgehead atoms. The smallest absolute Gasteiger partial charge is 0.336 e. The molecule has 0 radical (unpaired) electrons. The van der Waals surface area contributed by atoms with E-state index in [0.29, 0.717) is 11.5 Å². The highest BCUT2D eigenvalue weighted by Crippen LogP contribution is 2.28. The molecule has 1 saturated heterocycles. The van der Waals surface area contributed by atoms with E-state index < -0.39 is 5.97 Å². The molecule has 4 heteroatoms. The van der Waals surface area contributed by atoms with E-state index in [9.17, 15) is 4.79 Å². The first-order valence-corrected chi connectivity index (χ1v) is 5.98. The SMILES string of the molecule is NC(c1ccccc1C(=O)O)C1CCNCC1. The van der Waals surface area contributed by atoms with Crippen LogP contribution in [-0.4, -0.2) is 24.2 Å². The van der Waals surface area contributed by atoms with Gasteiger partial charge >= 0.3 is 5.97 Å². The van der Waals surface area contributed by atoms with Gasteiger partial charge in [0, 0.05) is 6.04 Å². The molecule has 4 N–H and O–H groups in total. The molecular weight excluding hydrogens is 216 g/mol. The summed E-state index contributed by atoms with van der Waals surface area (Å²) in [6, 6.07) is 6.86. The van der Waals surface area contributed by atoms with E-state index in [1.807, 2.05) is 12.1 Å². The summed E-state index contributed by atoms with van der Waals surface area (Å²) in [5.74, 6) is -0.526. The van der Waals surface area contributed by atoms with Crippen molar-refractivity contribution in [3.8, 4) is 0 Å². The summed E-state index contributed by atoms with van der Waals surface area (Å²) in [6.07, 6.45) is 2.02. The summed E-state index contributed by atoms with van der Waals surface area (Å²) >= 11 is 0. The Morgan fingerprint density at radius 3 is 2.65 bits per heavy atom. The fourth-order valence-corrected chi connectivity index (χ4v) is 2.44. The van der Waals surface area contributed by atoms with Gasteiger partial charge in [-0.1, -0.05) is 18.2 Å². The molecule has 0 saturated carbocycles. The van der Waals surface area contributed by atoms with Crippen molar-refractivity contribution in [3.05, 3.63) is 35.4 Å². The third-order valence-electron chi connectivity index (χ3n) is 3.44. The van der Waals surface area contributed by atoms with Crippen LogP contribution in [0.3, 0.4) is 0 Å². The Balaban J connectivity index is 2.23. The van der Waals surface area contributed by atoms with Gasteiger partial charge in [0.15, 0.2) is 0 Å². The van der Waals surface area contributed by atoms with Crippen LogP contribution in [-0.2, 0) is 0 Å². The zero-order valence-electron chi connectivity index (χ0n) is 9.73. The highest BCUT2D eigenvalue weighted by molar-refractivity contribution is 5.89. The maximum absolute atomic E-state index is 11.1. The Morgan fingerprint density at radius 1 is 1.35 bits per heavy atom. The Kier molecular flexibility index (Phi) is 3.76. The first-order chi connectivity index (χ1) is 8.20. The molecule has 1 atom stereocenters. The molecule has 0 spiro atoms. The van der Waals surface area contributed by atoms with Gasteiger partial charge in [-0.05, 0) is 43.5 Å². The number of carboxylic acid groups (broad SMARTS) is 1. The van der Waals surface area contributed by atoms with E-state index in [2.05, 4.69) is 5.32 Å². The molecule has 17 heavy (non-hydrogen) atoms. The number of nitrogens with one attached hydrogen (secondary N) is 1. The molecule has 0 aliphatic carbocycles. The quantitative estimate of drug-likeness (QED) is 0.738. The molecule has 4 nitrogen and oxygen atoms in total. The van der Waals surface area contributed by atoms with Gasteiger partial charge in [-0.15, -0.1) is 0 Å². The maximum atomic E-state index is 11.1. The topological polar surface area (TPSA) is 75.4 Å². The maximum Gasteiger partial charge on any atom is 0.336 e. The molecule has 2 rings (SSSR count). The van der Waals surface area contributed by atoms with Crippen LogP contribution in [0.5, 0.6) is 0 Å². The lowest BCUT2D eigenvalue weighted by Crippen LogP contribution is -2.34. The zero-order chi connectivity index (χ0) is 12.3. The molecule has 92 valence electrons. The number of benzene rings is 1. The van der Waals surface area contributed by atoms with Gasteiger partial charge in [-0.25, -0.2) is 4.79 Å². The van der Waals surface area contributed by atoms with E-state index >= 15 is 0 Å². The second kappa shape index (κ2) is 5.29. The molecular formula is C13H18N2O2. The zero-order valence-corrected chi connectivity index (χ0v) is 9.73. The molecule has 1 unspecified atom stereocenters. The second-order valence-electron chi connectivity index (χ2n) is 4.51. The monoisotopic (exact) mass is 234 g/mol.